The van der Waals surface area contributed by atoms with Gasteiger partial charge < -0.3 is 19.5 Å². The molecule has 1 amide bonds. The summed E-state index contributed by atoms with van der Waals surface area (Å²) in [6, 6.07) is 16.7. The predicted molar refractivity (Wildman–Crippen MR) is 113 cm³/mol. The van der Waals surface area contributed by atoms with Crippen molar-refractivity contribution in [1.82, 2.24) is 4.90 Å². The van der Waals surface area contributed by atoms with E-state index in [1.54, 1.807) is 11.8 Å². The fourth-order valence-electron chi connectivity index (χ4n) is 3.90. The summed E-state index contributed by atoms with van der Waals surface area (Å²) in [6.45, 7) is 5.06. The Balaban J connectivity index is 1.55. The van der Waals surface area contributed by atoms with Gasteiger partial charge in [-0.3, -0.25) is 0 Å². The number of aliphatic hydroxyl groups excluding tert-OH is 1. The van der Waals surface area contributed by atoms with Gasteiger partial charge in [-0.05, 0) is 50.3 Å². The molecule has 2 aromatic carbocycles. The molecule has 2 aromatic rings. The van der Waals surface area contributed by atoms with Crippen molar-refractivity contribution in [2.45, 2.75) is 51.7 Å². The molecule has 1 saturated heterocycles. The van der Waals surface area contributed by atoms with Gasteiger partial charge in [-0.15, -0.1) is 0 Å². The van der Waals surface area contributed by atoms with Gasteiger partial charge in [0, 0.05) is 12.5 Å². The first kappa shape index (κ1) is 21.2. The fourth-order valence-corrected chi connectivity index (χ4v) is 3.90. The van der Waals surface area contributed by atoms with Crippen LogP contribution >= 0.6 is 0 Å². The second-order valence-electron chi connectivity index (χ2n) is 7.63. The third-order valence-electron chi connectivity index (χ3n) is 5.34. The van der Waals surface area contributed by atoms with E-state index >= 15 is 0 Å². The van der Waals surface area contributed by atoms with Gasteiger partial charge in [0.25, 0.3) is 0 Å². The minimum atomic E-state index is -0.494. The normalized spacial score (nSPS) is 18.7. The Hall–Kier alpha value is -2.53. The zero-order valence-electron chi connectivity index (χ0n) is 17.3. The van der Waals surface area contributed by atoms with E-state index in [1.165, 1.54) is 16.7 Å². The Morgan fingerprint density at radius 3 is 2.79 bits per heavy atom. The Labute approximate surface area is 173 Å². The van der Waals surface area contributed by atoms with Crippen molar-refractivity contribution in [2.75, 3.05) is 19.8 Å². The third kappa shape index (κ3) is 5.97. The van der Waals surface area contributed by atoms with Crippen LogP contribution in [-0.2, 0) is 17.6 Å². The number of aryl methyl sites for hydroxylation is 3. The van der Waals surface area contributed by atoms with Crippen LogP contribution in [0.2, 0.25) is 0 Å². The molecule has 5 nitrogen and oxygen atoms in total. The maximum atomic E-state index is 12.1. The molecule has 1 aliphatic rings. The van der Waals surface area contributed by atoms with E-state index in [1.807, 2.05) is 18.2 Å². The van der Waals surface area contributed by atoms with E-state index in [0.29, 0.717) is 32.6 Å². The maximum absolute atomic E-state index is 12.1. The van der Waals surface area contributed by atoms with Crippen LogP contribution in [0.1, 0.15) is 36.5 Å². The van der Waals surface area contributed by atoms with Gasteiger partial charge in [-0.1, -0.05) is 48.0 Å². The number of para-hydroxylation sites is 1. The van der Waals surface area contributed by atoms with Crippen LogP contribution in [0.5, 0.6) is 5.75 Å². The van der Waals surface area contributed by atoms with E-state index in [2.05, 4.69) is 37.3 Å². The van der Waals surface area contributed by atoms with Gasteiger partial charge in [0.15, 0.2) is 0 Å². The van der Waals surface area contributed by atoms with E-state index in [9.17, 15) is 9.90 Å². The summed E-state index contributed by atoms with van der Waals surface area (Å²) in [6.07, 6.45) is 2.27. The summed E-state index contributed by atoms with van der Waals surface area (Å²) in [7, 11) is 0. The van der Waals surface area contributed by atoms with Crippen molar-refractivity contribution < 1.29 is 19.4 Å². The highest BCUT2D eigenvalue weighted by atomic mass is 16.6. The molecule has 5 heteroatoms. The zero-order valence-corrected chi connectivity index (χ0v) is 17.3. The molecule has 1 N–H and O–H groups in total. The third-order valence-corrected chi connectivity index (χ3v) is 5.34. The molecule has 0 radical (unpaired) electrons. The number of ether oxygens (including phenoxy) is 2. The Morgan fingerprint density at radius 2 is 2.00 bits per heavy atom. The van der Waals surface area contributed by atoms with Crippen molar-refractivity contribution in [3.63, 3.8) is 0 Å². The van der Waals surface area contributed by atoms with Crippen molar-refractivity contribution in [3.8, 4) is 5.75 Å². The van der Waals surface area contributed by atoms with Crippen LogP contribution in [0.15, 0.2) is 48.5 Å². The molecule has 1 heterocycles. The average molecular weight is 398 g/mol. The maximum Gasteiger partial charge on any atom is 0.410 e. The van der Waals surface area contributed by atoms with Crippen LogP contribution in [0.25, 0.3) is 0 Å². The lowest BCUT2D eigenvalue weighted by atomic mass is 10.0. The molecule has 1 aliphatic heterocycles. The van der Waals surface area contributed by atoms with Crippen LogP contribution in [0.4, 0.5) is 4.79 Å². The molecular weight excluding hydrogens is 366 g/mol. The smallest absolute Gasteiger partial charge is 0.410 e. The Bertz CT molecular complexity index is 807. The predicted octanol–water partition coefficient (Wildman–Crippen LogP) is 4.14. The highest BCUT2D eigenvalue weighted by molar-refractivity contribution is 5.68. The number of benzene rings is 2. The first-order valence-corrected chi connectivity index (χ1v) is 10.4. The quantitative estimate of drug-likeness (QED) is 0.727. The first-order valence-electron chi connectivity index (χ1n) is 10.4. The van der Waals surface area contributed by atoms with E-state index in [-0.39, 0.29) is 12.1 Å². The number of nitrogens with zero attached hydrogens (tertiary/aromatic N) is 1. The standard InChI is InChI=1S/C24H31NO4/c1-3-28-24(27)25-17-22(26)16-21(25)13-14-29-23-10-5-4-9-20(23)12-11-19-8-6-7-18(2)15-19/h4-10,15,21-22,26H,3,11-14,16-17H2,1-2H3/t21-,22-/m1/s1. The number of rotatable bonds is 8. The number of carbonyl (C=O) groups excluding carboxylic acids is 1. The number of carbonyl (C=O) groups is 1. The number of likely N-dealkylation sites (tertiary alicyclic amines) is 1. The summed E-state index contributed by atoms with van der Waals surface area (Å²) in [4.78, 5) is 13.7. The van der Waals surface area contributed by atoms with Crippen molar-refractivity contribution in [1.29, 1.82) is 0 Å². The van der Waals surface area contributed by atoms with Gasteiger partial charge in [0.2, 0.25) is 0 Å². The largest absolute Gasteiger partial charge is 0.493 e. The van der Waals surface area contributed by atoms with Crippen LogP contribution < -0.4 is 4.74 Å². The van der Waals surface area contributed by atoms with E-state index < -0.39 is 6.10 Å². The van der Waals surface area contributed by atoms with Gasteiger partial charge in [0.1, 0.15) is 5.75 Å². The van der Waals surface area contributed by atoms with Gasteiger partial charge in [-0.2, -0.15) is 0 Å². The van der Waals surface area contributed by atoms with Gasteiger partial charge in [0.05, 0.1) is 25.9 Å². The summed E-state index contributed by atoms with van der Waals surface area (Å²) >= 11 is 0. The molecule has 0 aromatic heterocycles. The molecule has 0 spiro atoms. The zero-order chi connectivity index (χ0) is 20.6. The monoisotopic (exact) mass is 397 g/mol. The Morgan fingerprint density at radius 1 is 1.17 bits per heavy atom. The van der Waals surface area contributed by atoms with Crippen LogP contribution in [-0.4, -0.2) is 48.0 Å². The number of amides is 1. The van der Waals surface area contributed by atoms with Gasteiger partial charge in [-0.25, -0.2) is 4.79 Å². The number of hydrogen-bond acceptors (Lipinski definition) is 4. The average Bonchev–Trinajstić information content (AvgIpc) is 3.08. The molecule has 0 unspecified atom stereocenters. The highest BCUT2D eigenvalue weighted by Crippen LogP contribution is 2.24. The van der Waals surface area contributed by atoms with Crippen molar-refractivity contribution >= 4 is 6.09 Å². The molecule has 2 atom stereocenters. The van der Waals surface area contributed by atoms with Gasteiger partial charge >= 0.3 is 6.09 Å². The molecule has 0 saturated carbocycles. The lowest BCUT2D eigenvalue weighted by Gasteiger charge is -2.23. The molecule has 0 aliphatic carbocycles. The summed E-state index contributed by atoms with van der Waals surface area (Å²) < 4.78 is 11.2. The van der Waals surface area contributed by atoms with Crippen molar-refractivity contribution in [3.05, 3.63) is 65.2 Å². The minimum absolute atomic E-state index is 0.0523. The summed E-state index contributed by atoms with van der Waals surface area (Å²) in [5.41, 5.74) is 3.78. The molecule has 29 heavy (non-hydrogen) atoms. The molecule has 0 bridgehead atoms. The lowest BCUT2D eigenvalue weighted by Crippen LogP contribution is -2.37. The number of hydrogen-bond donors (Lipinski definition) is 1. The minimum Gasteiger partial charge on any atom is -0.493 e. The second-order valence-corrected chi connectivity index (χ2v) is 7.63. The van der Waals surface area contributed by atoms with Crippen molar-refractivity contribution in [2.24, 2.45) is 0 Å². The van der Waals surface area contributed by atoms with E-state index in [0.717, 1.165) is 18.6 Å². The van der Waals surface area contributed by atoms with Crippen LogP contribution in [0, 0.1) is 6.92 Å². The molecular formula is C24H31NO4. The second kappa shape index (κ2) is 10.3. The highest BCUT2D eigenvalue weighted by Gasteiger charge is 2.34. The summed E-state index contributed by atoms with van der Waals surface area (Å²) in [5.74, 6) is 0.890. The number of β-amino-alcohol motifs (C(OH)–C–C–N with tert-alkyl or cyclic N) is 1. The molecule has 3 rings (SSSR count). The SMILES string of the molecule is CCOC(=O)N1C[C@H](O)C[C@H]1CCOc1ccccc1CCc1cccc(C)c1. The topological polar surface area (TPSA) is 59.0 Å². The Kier molecular flexibility index (Phi) is 7.53. The lowest BCUT2D eigenvalue weighted by molar-refractivity contribution is 0.0941. The number of aliphatic hydroxyl groups is 1. The molecule has 1 fully saturated rings. The molecule has 156 valence electrons. The van der Waals surface area contributed by atoms with Crippen LogP contribution in [0.3, 0.4) is 0 Å². The van der Waals surface area contributed by atoms with E-state index in [4.69, 9.17) is 9.47 Å². The fraction of sp³-hybridized carbons (Fsp3) is 0.458. The first-order chi connectivity index (χ1) is 14.1. The summed E-state index contributed by atoms with van der Waals surface area (Å²) in [5, 5.41) is 9.96.